The van der Waals surface area contributed by atoms with Gasteiger partial charge in [0, 0.05) is 28.4 Å². The van der Waals surface area contributed by atoms with Crippen LogP contribution in [0.1, 0.15) is 9.75 Å². The topological polar surface area (TPSA) is 84.0 Å². The normalized spacial score (nSPS) is 11.5. The number of aromatic nitrogens is 2. The van der Waals surface area contributed by atoms with Crippen molar-refractivity contribution in [1.29, 1.82) is 0 Å². The predicted molar refractivity (Wildman–Crippen MR) is 105 cm³/mol. The zero-order valence-electron chi connectivity index (χ0n) is 14.9. The third-order valence-corrected chi connectivity index (χ3v) is 6.50. The van der Waals surface area contributed by atoms with Crippen molar-refractivity contribution in [3.8, 4) is 11.3 Å². The third-order valence-electron chi connectivity index (χ3n) is 3.81. The molecule has 2 heterocycles. The number of benzene rings is 1. The van der Waals surface area contributed by atoms with E-state index in [0.717, 1.165) is 15.3 Å². The van der Waals surface area contributed by atoms with Crippen molar-refractivity contribution < 1.29 is 12.8 Å². The predicted octanol–water partition coefficient (Wildman–Crippen LogP) is 3.35. The highest BCUT2D eigenvalue weighted by molar-refractivity contribution is 7.89. The lowest BCUT2D eigenvalue weighted by Crippen LogP contribution is -2.29. The van der Waals surface area contributed by atoms with Crippen LogP contribution in [0.5, 0.6) is 0 Å². The summed E-state index contributed by atoms with van der Waals surface area (Å²) in [6.45, 7) is 4.26. The van der Waals surface area contributed by atoms with Gasteiger partial charge in [-0.05, 0) is 56.3 Å². The van der Waals surface area contributed by atoms with Crippen molar-refractivity contribution in [2.45, 2.75) is 18.7 Å². The van der Waals surface area contributed by atoms with E-state index in [2.05, 4.69) is 20.2 Å². The van der Waals surface area contributed by atoms with Gasteiger partial charge >= 0.3 is 0 Å². The minimum Gasteiger partial charge on any atom is -0.367 e. The molecule has 0 aliphatic rings. The monoisotopic (exact) mass is 406 g/mol. The summed E-state index contributed by atoms with van der Waals surface area (Å²) in [5.41, 5.74) is 1.40. The average molecular weight is 407 g/mol. The van der Waals surface area contributed by atoms with E-state index in [-0.39, 0.29) is 12.4 Å². The van der Waals surface area contributed by atoms with E-state index in [4.69, 9.17) is 0 Å². The maximum atomic E-state index is 13.0. The maximum absolute atomic E-state index is 13.0. The number of sulfonamides is 1. The largest absolute Gasteiger partial charge is 0.367 e. The standard InChI is InChI=1S/C18H19FN4O2S2/c1-12-11-17(13(2)26-12)27(24,25)21-10-9-20-18-8-7-16(22-23-18)14-3-5-15(19)6-4-14/h3-8,11,21H,9-10H2,1-2H3,(H,20,23). The first kappa shape index (κ1) is 19.4. The number of rotatable bonds is 7. The molecule has 0 amide bonds. The molecule has 27 heavy (non-hydrogen) atoms. The molecule has 0 spiro atoms. The molecule has 0 saturated carbocycles. The van der Waals surface area contributed by atoms with Crippen molar-refractivity contribution in [3.05, 3.63) is 58.0 Å². The van der Waals surface area contributed by atoms with Gasteiger partial charge in [0.15, 0.2) is 0 Å². The van der Waals surface area contributed by atoms with Gasteiger partial charge in [0.25, 0.3) is 0 Å². The van der Waals surface area contributed by atoms with Gasteiger partial charge in [0.1, 0.15) is 11.6 Å². The smallest absolute Gasteiger partial charge is 0.241 e. The summed E-state index contributed by atoms with van der Waals surface area (Å²) in [6.07, 6.45) is 0. The van der Waals surface area contributed by atoms with E-state index in [0.29, 0.717) is 23.0 Å². The lowest BCUT2D eigenvalue weighted by molar-refractivity contribution is 0.582. The van der Waals surface area contributed by atoms with Crippen LogP contribution in [-0.4, -0.2) is 31.7 Å². The van der Waals surface area contributed by atoms with Crippen LogP contribution < -0.4 is 10.0 Å². The van der Waals surface area contributed by atoms with Gasteiger partial charge in [0.05, 0.1) is 10.6 Å². The van der Waals surface area contributed by atoms with Gasteiger partial charge in [-0.15, -0.1) is 21.5 Å². The molecule has 0 saturated heterocycles. The van der Waals surface area contributed by atoms with Crippen LogP contribution in [0.3, 0.4) is 0 Å². The first-order chi connectivity index (χ1) is 12.8. The molecule has 3 rings (SSSR count). The van der Waals surface area contributed by atoms with E-state index < -0.39 is 10.0 Å². The second kappa shape index (κ2) is 8.12. The van der Waals surface area contributed by atoms with Crippen LogP contribution in [0.25, 0.3) is 11.3 Å². The van der Waals surface area contributed by atoms with Gasteiger partial charge in [-0.25, -0.2) is 17.5 Å². The Bertz CT molecular complexity index is 1020. The zero-order chi connectivity index (χ0) is 19.4. The fourth-order valence-electron chi connectivity index (χ4n) is 2.53. The quantitative estimate of drug-likeness (QED) is 0.588. The minimum atomic E-state index is -3.52. The molecule has 2 N–H and O–H groups in total. The Morgan fingerprint density at radius 3 is 2.37 bits per heavy atom. The second-order valence-electron chi connectivity index (χ2n) is 5.91. The molecule has 0 aliphatic heterocycles. The Labute approximate surface area is 161 Å². The van der Waals surface area contributed by atoms with Crippen molar-refractivity contribution in [2.75, 3.05) is 18.4 Å². The molecule has 0 atom stereocenters. The summed E-state index contributed by atoms with van der Waals surface area (Å²) in [5.74, 6) is 0.225. The van der Waals surface area contributed by atoms with Gasteiger partial charge in [-0.2, -0.15) is 0 Å². The Morgan fingerprint density at radius 2 is 1.78 bits per heavy atom. The second-order valence-corrected chi connectivity index (χ2v) is 9.11. The highest BCUT2D eigenvalue weighted by atomic mass is 32.2. The van der Waals surface area contributed by atoms with Crippen molar-refractivity contribution >= 4 is 27.2 Å². The fraction of sp³-hybridized carbons (Fsp3) is 0.222. The molecule has 0 fully saturated rings. The number of hydrogen-bond donors (Lipinski definition) is 2. The van der Waals surface area contributed by atoms with Gasteiger partial charge < -0.3 is 5.32 Å². The first-order valence-electron chi connectivity index (χ1n) is 8.25. The number of halogens is 1. The summed E-state index contributed by atoms with van der Waals surface area (Å²) in [6, 6.07) is 11.2. The third kappa shape index (κ3) is 4.88. The molecule has 1 aromatic carbocycles. The molecule has 142 valence electrons. The number of aryl methyl sites for hydroxylation is 2. The summed E-state index contributed by atoms with van der Waals surface area (Å²) < 4.78 is 40.2. The first-order valence-corrected chi connectivity index (χ1v) is 10.6. The zero-order valence-corrected chi connectivity index (χ0v) is 16.5. The highest BCUT2D eigenvalue weighted by Gasteiger charge is 2.18. The van der Waals surface area contributed by atoms with Crippen LogP contribution in [0.4, 0.5) is 10.2 Å². The fourth-order valence-corrected chi connectivity index (χ4v) is 5.11. The Hall–Kier alpha value is -2.36. The van der Waals surface area contributed by atoms with Crippen molar-refractivity contribution in [2.24, 2.45) is 0 Å². The molecular formula is C18H19FN4O2S2. The van der Waals surface area contributed by atoms with Crippen molar-refractivity contribution in [3.63, 3.8) is 0 Å². The molecule has 9 heteroatoms. The number of hydrogen-bond acceptors (Lipinski definition) is 6. The van der Waals surface area contributed by atoms with Gasteiger partial charge in [0.2, 0.25) is 10.0 Å². The molecule has 0 unspecified atom stereocenters. The Morgan fingerprint density at radius 1 is 1.04 bits per heavy atom. The number of nitrogens with one attached hydrogen (secondary N) is 2. The van der Waals surface area contributed by atoms with Gasteiger partial charge in [-0.1, -0.05) is 0 Å². The van der Waals surface area contributed by atoms with Crippen LogP contribution in [0, 0.1) is 19.7 Å². The summed E-state index contributed by atoms with van der Waals surface area (Å²) in [5, 5.41) is 11.2. The Balaban J connectivity index is 1.53. The lowest BCUT2D eigenvalue weighted by atomic mass is 10.1. The van der Waals surface area contributed by atoms with Gasteiger partial charge in [-0.3, -0.25) is 0 Å². The summed E-state index contributed by atoms with van der Waals surface area (Å²) >= 11 is 1.46. The van der Waals surface area contributed by atoms with Crippen molar-refractivity contribution in [1.82, 2.24) is 14.9 Å². The molecule has 2 aromatic heterocycles. The SMILES string of the molecule is Cc1cc(S(=O)(=O)NCCNc2ccc(-c3ccc(F)cc3)nn2)c(C)s1. The number of nitrogens with zero attached hydrogens (tertiary/aromatic N) is 2. The lowest BCUT2D eigenvalue weighted by Gasteiger charge is -2.08. The van der Waals surface area contributed by atoms with E-state index in [1.165, 1.54) is 23.5 Å². The van der Waals surface area contributed by atoms with Crippen LogP contribution in [0.2, 0.25) is 0 Å². The molecule has 0 radical (unpaired) electrons. The van der Waals surface area contributed by atoms with Crippen LogP contribution in [0.15, 0.2) is 47.4 Å². The Kier molecular flexibility index (Phi) is 5.83. The average Bonchev–Trinajstić information content (AvgIpc) is 2.99. The molecule has 6 nitrogen and oxygen atoms in total. The molecule has 0 aliphatic carbocycles. The molecule has 0 bridgehead atoms. The summed E-state index contributed by atoms with van der Waals surface area (Å²) in [7, 11) is -3.52. The minimum absolute atomic E-state index is 0.220. The van der Waals surface area contributed by atoms with Crippen LogP contribution in [-0.2, 0) is 10.0 Å². The molecular weight excluding hydrogens is 387 g/mol. The van der Waals surface area contributed by atoms with E-state index >= 15 is 0 Å². The van der Waals surface area contributed by atoms with E-state index in [1.807, 2.05) is 6.92 Å². The van der Waals surface area contributed by atoms with E-state index in [9.17, 15) is 12.8 Å². The summed E-state index contributed by atoms with van der Waals surface area (Å²) in [4.78, 5) is 2.06. The maximum Gasteiger partial charge on any atom is 0.241 e. The van der Waals surface area contributed by atoms with Crippen LogP contribution >= 0.6 is 11.3 Å². The molecule has 3 aromatic rings. The number of anilines is 1. The number of thiophene rings is 1. The van der Waals surface area contributed by atoms with E-state index in [1.54, 1.807) is 37.3 Å². The highest BCUT2D eigenvalue weighted by Crippen LogP contribution is 2.24.